The van der Waals surface area contributed by atoms with Gasteiger partial charge in [0.2, 0.25) is 0 Å². The van der Waals surface area contributed by atoms with Crippen LogP contribution in [0, 0.1) is 0 Å². The summed E-state index contributed by atoms with van der Waals surface area (Å²) >= 11 is 0. The highest BCUT2D eigenvalue weighted by molar-refractivity contribution is 5.91. The Morgan fingerprint density at radius 3 is 2.77 bits per heavy atom. The fraction of sp³-hybridized carbons (Fsp3) is 0.263. The molecule has 110 valence electrons. The first-order valence-electron chi connectivity index (χ1n) is 7.75. The number of anilines is 1. The maximum Gasteiger partial charge on any atom is 0.0905 e. The number of rotatable bonds is 2. The maximum atomic E-state index is 4.42. The Labute approximate surface area is 130 Å². The van der Waals surface area contributed by atoms with Crippen molar-refractivity contribution in [1.29, 1.82) is 0 Å². The van der Waals surface area contributed by atoms with Crippen molar-refractivity contribution < 1.29 is 0 Å². The molecule has 2 aromatic heterocycles. The van der Waals surface area contributed by atoms with Crippen molar-refractivity contribution in [2.75, 3.05) is 18.0 Å². The van der Waals surface area contributed by atoms with Crippen molar-refractivity contribution >= 4 is 16.6 Å². The molecule has 0 N–H and O–H groups in total. The maximum absolute atomic E-state index is 4.42. The van der Waals surface area contributed by atoms with E-state index >= 15 is 0 Å². The zero-order chi connectivity index (χ0) is 15.0. The molecule has 0 amide bonds. The van der Waals surface area contributed by atoms with E-state index < -0.39 is 0 Å². The van der Waals surface area contributed by atoms with Crippen LogP contribution in [0.5, 0.6) is 0 Å². The Hall–Kier alpha value is -2.42. The lowest BCUT2D eigenvalue weighted by atomic mass is 9.82. The summed E-state index contributed by atoms with van der Waals surface area (Å²) in [5.74, 6) is 0. The van der Waals surface area contributed by atoms with Crippen LogP contribution < -0.4 is 4.90 Å². The second-order valence-electron chi connectivity index (χ2n) is 6.32. The van der Waals surface area contributed by atoms with Crippen LogP contribution in [0.1, 0.15) is 18.9 Å². The minimum atomic E-state index is 0.212. The molecule has 3 heteroatoms. The van der Waals surface area contributed by atoms with Crippen molar-refractivity contribution in [3.8, 4) is 0 Å². The fourth-order valence-corrected chi connectivity index (χ4v) is 3.50. The molecule has 0 spiro atoms. The van der Waals surface area contributed by atoms with E-state index in [4.69, 9.17) is 0 Å². The molecule has 1 unspecified atom stereocenters. The van der Waals surface area contributed by atoms with E-state index in [1.165, 1.54) is 23.1 Å². The van der Waals surface area contributed by atoms with E-state index in [0.29, 0.717) is 0 Å². The third-order valence-electron chi connectivity index (χ3n) is 4.81. The van der Waals surface area contributed by atoms with Crippen LogP contribution >= 0.6 is 0 Å². The highest BCUT2D eigenvalue weighted by Crippen LogP contribution is 2.38. The van der Waals surface area contributed by atoms with Gasteiger partial charge in [0, 0.05) is 42.0 Å². The van der Waals surface area contributed by atoms with Crippen LogP contribution in [0.2, 0.25) is 0 Å². The first-order valence-corrected chi connectivity index (χ1v) is 7.75. The van der Waals surface area contributed by atoms with E-state index in [0.717, 1.165) is 18.6 Å². The minimum absolute atomic E-state index is 0.212. The zero-order valence-electron chi connectivity index (χ0n) is 12.7. The Morgan fingerprint density at radius 2 is 1.91 bits per heavy atom. The predicted octanol–water partition coefficient (Wildman–Crippen LogP) is 3.80. The lowest BCUT2D eigenvalue weighted by Crippen LogP contribution is -2.28. The molecule has 1 aromatic carbocycles. The zero-order valence-corrected chi connectivity index (χ0v) is 12.7. The summed E-state index contributed by atoms with van der Waals surface area (Å²) in [7, 11) is 0. The molecule has 1 fully saturated rings. The summed E-state index contributed by atoms with van der Waals surface area (Å²) in [6.07, 6.45) is 6.74. The molecule has 0 radical (unpaired) electrons. The van der Waals surface area contributed by atoms with Gasteiger partial charge < -0.3 is 4.90 Å². The summed E-state index contributed by atoms with van der Waals surface area (Å²) < 4.78 is 0. The molecule has 3 aromatic rings. The molecule has 1 atom stereocenters. The quantitative estimate of drug-likeness (QED) is 0.718. The van der Waals surface area contributed by atoms with E-state index in [-0.39, 0.29) is 5.41 Å². The van der Waals surface area contributed by atoms with Gasteiger partial charge >= 0.3 is 0 Å². The average Bonchev–Trinajstić information content (AvgIpc) is 2.99. The Morgan fingerprint density at radius 1 is 1.05 bits per heavy atom. The van der Waals surface area contributed by atoms with Gasteiger partial charge in [-0.2, -0.15) is 0 Å². The third-order valence-corrected chi connectivity index (χ3v) is 4.81. The van der Waals surface area contributed by atoms with Crippen molar-refractivity contribution in [3.63, 3.8) is 0 Å². The predicted molar refractivity (Wildman–Crippen MR) is 90.2 cm³/mol. The van der Waals surface area contributed by atoms with Gasteiger partial charge in [0.15, 0.2) is 0 Å². The van der Waals surface area contributed by atoms with Crippen molar-refractivity contribution in [2.45, 2.75) is 18.8 Å². The summed E-state index contributed by atoms with van der Waals surface area (Å²) in [5, 5.41) is 1.19. The number of hydrogen-bond donors (Lipinski definition) is 0. The largest absolute Gasteiger partial charge is 0.370 e. The molecule has 0 aliphatic carbocycles. The second kappa shape index (κ2) is 5.09. The van der Waals surface area contributed by atoms with Crippen LogP contribution in [-0.2, 0) is 5.41 Å². The van der Waals surface area contributed by atoms with Crippen molar-refractivity contribution in [1.82, 2.24) is 9.97 Å². The van der Waals surface area contributed by atoms with Gasteiger partial charge in [0.05, 0.1) is 11.7 Å². The lowest BCUT2D eigenvalue weighted by molar-refractivity contribution is 0.531. The van der Waals surface area contributed by atoms with Gasteiger partial charge in [-0.1, -0.05) is 37.3 Å². The molecule has 4 rings (SSSR count). The van der Waals surface area contributed by atoms with E-state index in [9.17, 15) is 0 Å². The van der Waals surface area contributed by atoms with Gasteiger partial charge in [-0.05, 0) is 24.1 Å². The standard InChI is InChI=1S/C19H19N3/c1-19(15-5-3-2-4-6-15)9-12-22(14-19)18-8-11-21-17-13-20-10-7-16(17)18/h2-8,10-11,13H,9,12,14H2,1H3. The normalized spacial score (nSPS) is 21.4. The molecule has 22 heavy (non-hydrogen) atoms. The first kappa shape index (κ1) is 13.3. The molecule has 0 saturated carbocycles. The smallest absolute Gasteiger partial charge is 0.0905 e. The van der Waals surface area contributed by atoms with Crippen LogP contribution in [0.25, 0.3) is 10.9 Å². The third kappa shape index (κ3) is 2.13. The van der Waals surface area contributed by atoms with Crippen LogP contribution in [0.3, 0.4) is 0 Å². The van der Waals surface area contributed by atoms with E-state index in [2.05, 4.69) is 64.3 Å². The minimum Gasteiger partial charge on any atom is -0.370 e. The molecule has 1 aliphatic rings. The summed E-state index contributed by atoms with van der Waals surface area (Å²) in [4.78, 5) is 11.1. The van der Waals surface area contributed by atoms with Gasteiger partial charge in [0.25, 0.3) is 0 Å². The number of pyridine rings is 2. The number of nitrogens with zero attached hydrogens (tertiary/aromatic N) is 3. The van der Waals surface area contributed by atoms with Crippen LogP contribution in [0.4, 0.5) is 5.69 Å². The Kier molecular flexibility index (Phi) is 3.07. The van der Waals surface area contributed by atoms with Crippen LogP contribution in [0.15, 0.2) is 61.1 Å². The molecule has 0 bridgehead atoms. The average molecular weight is 289 g/mol. The van der Waals surface area contributed by atoms with Gasteiger partial charge in [-0.25, -0.2) is 0 Å². The van der Waals surface area contributed by atoms with Gasteiger partial charge in [-0.15, -0.1) is 0 Å². The summed E-state index contributed by atoms with van der Waals surface area (Å²) in [6.45, 7) is 4.48. The van der Waals surface area contributed by atoms with Crippen molar-refractivity contribution in [3.05, 3.63) is 66.6 Å². The number of hydrogen-bond acceptors (Lipinski definition) is 3. The molecular formula is C19H19N3. The second-order valence-corrected chi connectivity index (χ2v) is 6.32. The molecule has 1 aliphatic heterocycles. The monoisotopic (exact) mass is 289 g/mol. The van der Waals surface area contributed by atoms with Gasteiger partial charge in [-0.3, -0.25) is 9.97 Å². The highest BCUT2D eigenvalue weighted by atomic mass is 15.2. The van der Waals surface area contributed by atoms with E-state index in [1.807, 2.05) is 18.6 Å². The molecule has 1 saturated heterocycles. The molecular weight excluding hydrogens is 270 g/mol. The Balaban J connectivity index is 1.70. The first-order chi connectivity index (χ1) is 10.8. The molecule has 3 heterocycles. The highest BCUT2D eigenvalue weighted by Gasteiger charge is 2.35. The number of benzene rings is 1. The van der Waals surface area contributed by atoms with Crippen molar-refractivity contribution in [2.24, 2.45) is 0 Å². The fourth-order valence-electron chi connectivity index (χ4n) is 3.50. The topological polar surface area (TPSA) is 29.0 Å². The lowest BCUT2D eigenvalue weighted by Gasteiger charge is -2.26. The number of fused-ring (bicyclic) bond motifs is 1. The van der Waals surface area contributed by atoms with Crippen LogP contribution in [-0.4, -0.2) is 23.1 Å². The SMILES string of the molecule is CC1(c2ccccc2)CCN(c2ccnc3cnccc23)C1. The Bertz CT molecular complexity index is 795. The van der Waals surface area contributed by atoms with E-state index in [1.54, 1.807) is 0 Å². The molecule has 3 nitrogen and oxygen atoms in total. The van der Waals surface area contributed by atoms with Gasteiger partial charge in [0.1, 0.15) is 0 Å². The number of aromatic nitrogens is 2. The summed E-state index contributed by atoms with van der Waals surface area (Å²) in [5.41, 5.74) is 3.88. The summed E-state index contributed by atoms with van der Waals surface area (Å²) in [6, 6.07) is 15.0.